The van der Waals surface area contributed by atoms with Gasteiger partial charge < -0.3 is 4.98 Å². The van der Waals surface area contributed by atoms with Gasteiger partial charge in [0, 0.05) is 11.9 Å². The molecule has 0 spiro atoms. The summed E-state index contributed by atoms with van der Waals surface area (Å²) in [6.07, 6.45) is -2.45. The highest BCUT2D eigenvalue weighted by Gasteiger charge is 2.29. The first kappa shape index (κ1) is 13.5. The molecule has 0 saturated carbocycles. The Balaban J connectivity index is 1.87. The van der Waals surface area contributed by atoms with Gasteiger partial charge in [-0.1, -0.05) is 36.4 Å². The normalized spacial score (nSPS) is 11.6. The van der Waals surface area contributed by atoms with Crippen LogP contribution >= 0.6 is 0 Å². The van der Waals surface area contributed by atoms with Crippen LogP contribution in [0.15, 0.2) is 66.9 Å². The van der Waals surface area contributed by atoms with Gasteiger partial charge in [-0.05, 0) is 41.0 Å². The Morgan fingerprint density at radius 2 is 1.19 bits per heavy atom. The molecule has 0 unspecified atom stereocenters. The zero-order valence-electron chi connectivity index (χ0n) is 11.0. The molecule has 1 nitrogen and oxygen atoms in total. The van der Waals surface area contributed by atoms with Gasteiger partial charge in [-0.15, -0.1) is 0 Å². The van der Waals surface area contributed by atoms with Crippen LogP contribution in [0.1, 0.15) is 5.56 Å². The number of nitrogens with one attached hydrogen (secondary N) is 1. The Labute approximate surface area is 120 Å². The number of alkyl halides is 3. The second-order valence-electron chi connectivity index (χ2n) is 4.74. The quantitative estimate of drug-likeness (QED) is 0.652. The molecule has 1 aromatic heterocycles. The summed E-state index contributed by atoms with van der Waals surface area (Å²) >= 11 is 0. The van der Waals surface area contributed by atoms with E-state index in [2.05, 4.69) is 4.98 Å². The van der Waals surface area contributed by atoms with Crippen LogP contribution < -0.4 is 0 Å². The molecule has 0 amide bonds. The fraction of sp³-hybridized carbons (Fsp3) is 0.0588. The number of H-pyrrole nitrogens is 1. The summed E-state index contributed by atoms with van der Waals surface area (Å²) in [5.41, 5.74) is 3.07. The van der Waals surface area contributed by atoms with E-state index in [9.17, 15) is 13.2 Å². The summed E-state index contributed by atoms with van der Waals surface area (Å²) < 4.78 is 37.6. The maximum Gasteiger partial charge on any atom is 0.416 e. The number of aromatic amines is 1. The second-order valence-corrected chi connectivity index (χ2v) is 4.74. The molecule has 0 fully saturated rings. The lowest BCUT2D eigenvalue weighted by Crippen LogP contribution is -2.03. The average molecular weight is 287 g/mol. The Morgan fingerprint density at radius 1 is 0.667 bits per heavy atom. The average Bonchev–Trinajstić information content (AvgIpc) is 3.01. The van der Waals surface area contributed by atoms with Crippen molar-refractivity contribution in [3.8, 4) is 22.4 Å². The molecule has 3 aromatic rings. The summed E-state index contributed by atoms with van der Waals surface area (Å²) in [6, 6.07) is 16.8. The molecule has 3 rings (SSSR count). The maximum atomic E-state index is 12.5. The van der Waals surface area contributed by atoms with Gasteiger partial charge in [-0.2, -0.15) is 13.2 Å². The van der Waals surface area contributed by atoms with Crippen LogP contribution in [0.2, 0.25) is 0 Å². The topological polar surface area (TPSA) is 15.8 Å². The Kier molecular flexibility index (Phi) is 3.29. The van der Waals surface area contributed by atoms with E-state index in [1.165, 1.54) is 12.1 Å². The van der Waals surface area contributed by atoms with Crippen molar-refractivity contribution in [1.82, 2.24) is 4.98 Å². The molecule has 21 heavy (non-hydrogen) atoms. The third-order valence-corrected chi connectivity index (χ3v) is 3.34. The third kappa shape index (κ3) is 2.84. The van der Waals surface area contributed by atoms with Crippen molar-refractivity contribution in [3.05, 3.63) is 72.4 Å². The summed E-state index contributed by atoms with van der Waals surface area (Å²) in [4.78, 5) is 3.11. The SMILES string of the molecule is FC(F)(F)c1ccc(-c2ccc(-c3ccc[nH]3)cc2)cc1. The number of benzene rings is 2. The van der Waals surface area contributed by atoms with Gasteiger partial charge in [0.1, 0.15) is 0 Å². The van der Waals surface area contributed by atoms with Crippen molar-refractivity contribution < 1.29 is 13.2 Å². The molecule has 1 N–H and O–H groups in total. The van der Waals surface area contributed by atoms with E-state index in [4.69, 9.17) is 0 Å². The first-order valence-electron chi connectivity index (χ1n) is 6.45. The molecule has 0 aliphatic heterocycles. The monoisotopic (exact) mass is 287 g/mol. The summed E-state index contributed by atoms with van der Waals surface area (Å²) in [5.74, 6) is 0. The predicted molar refractivity (Wildman–Crippen MR) is 76.7 cm³/mol. The number of hydrogen-bond donors (Lipinski definition) is 1. The molecule has 0 radical (unpaired) electrons. The van der Waals surface area contributed by atoms with Gasteiger partial charge >= 0.3 is 6.18 Å². The molecule has 0 saturated heterocycles. The zero-order valence-corrected chi connectivity index (χ0v) is 11.0. The fourth-order valence-electron chi connectivity index (χ4n) is 2.20. The molecular weight excluding hydrogens is 275 g/mol. The van der Waals surface area contributed by atoms with E-state index < -0.39 is 11.7 Å². The second kappa shape index (κ2) is 5.13. The number of rotatable bonds is 2. The van der Waals surface area contributed by atoms with Crippen molar-refractivity contribution in [2.75, 3.05) is 0 Å². The first-order valence-corrected chi connectivity index (χ1v) is 6.45. The van der Waals surface area contributed by atoms with Crippen molar-refractivity contribution in [1.29, 1.82) is 0 Å². The van der Waals surface area contributed by atoms with Crippen LogP contribution in [-0.4, -0.2) is 4.98 Å². The van der Waals surface area contributed by atoms with Gasteiger partial charge in [-0.25, -0.2) is 0 Å². The van der Waals surface area contributed by atoms with Crippen LogP contribution in [0, 0.1) is 0 Å². The minimum absolute atomic E-state index is 0.630. The Bertz CT molecular complexity index is 708. The van der Waals surface area contributed by atoms with E-state index in [1.54, 1.807) is 0 Å². The molecule has 0 aliphatic rings. The van der Waals surface area contributed by atoms with Crippen molar-refractivity contribution >= 4 is 0 Å². The minimum Gasteiger partial charge on any atom is -0.361 e. The van der Waals surface area contributed by atoms with Crippen LogP contribution in [0.4, 0.5) is 13.2 Å². The molecule has 0 bridgehead atoms. The standard InChI is InChI=1S/C17H12F3N/c18-17(19,20)15-9-7-13(8-10-15)12-3-5-14(6-4-12)16-2-1-11-21-16/h1-11,21H. The molecule has 0 aliphatic carbocycles. The summed E-state index contributed by atoms with van der Waals surface area (Å²) in [6.45, 7) is 0. The van der Waals surface area contributed by atoms with Gasteiger partial charge in [0.15, 0.2) is 0 Å². The predicted octanol–water partition coefficient (Wildman–Crippen LogP) is 5.37. The van der Waals surface area contributed by atoms with Crippen LogP contribution in [0.5, 0.6) is 0 Å². The van der Waals surface area contributed by atoms with Crippen molar-refractivity contribution in [2.24, 2.45) is 0 Å². The molecule has 1 heterocycles. The zero-order chi connectivity index (χ0) is 14.9. The van der Waals surface area contributed by atoms with Gasteiger partial charge in [0.25, 0.3) is 0 Å². The van der Waals surface area contributed by atoms with Gasteiger partial charge in [-0.3, -0.25) is 0 Å². The number of aromatic nitrogens is 1. The highest BCUT2D eigenvalue weighted by atomic mass is 19.4. The van der Waals surface area contributed by atoms with E-state index in [-0.39, 0.29) is 0 Å². The van der Waals surface area contributed by atoms with Crippen LogP contribution in [0.25, 0.3) is 22.4 Å². The molecule has 4 heteroatoms. The van der Waals surface area contributed by atoms with Crippen LogP contribution in [0.3, 0.4) is 0 Å². The lowest BCUT2D eigenvalue weighted by atomic mass is 10.0. The Morgan fingerprint density at radius 3 is 1.67 bits per heavy atom. The summed E-state index contributed by atoms with van der Waals surface area (Å²) in [5, 5.41) is 0. The molecule has 106 valence electrons. The van der Waals surface area contributed by atoms with Crippen LogP contribution in [-0.2, 0) is 6.18 Å². The highest BCUT2D eigenvalue weighted by Crippen LogP contribution is 2.31. The lowest BCUT2D eigenvalue weighted by molar-refractivity contribution is -0.137. The lowest BCUT2D eigenvalue weighted by Gasteiger charge is -2.08. The molecule has 0 atom stereocenters. The van der Waals surface area contributed by atoms with E-state index in [0.29, 0.717) is 0 Å². The fourth-order valence-corrected chi connectivity index (χ4v) is 2.20. The largest absolute Gasteiger partial charge is 0.416 e. The van der Waals surface area contributed by atoms with Crippen molar-refractivity contribution in [2.45, 2.75) is 6.18 Å². The highest BCUT2D eigenvalue weighted by molar-refractivity contribution is 5.69. The van der Waals surface area contributed by atoms with Gasteiger partial charge in [0.2, 0.25) is 0 Å². The third-order valence-electron chi connectivity index (χ3n) is 3.34. The van der Waals surface area contributed by atoms with E-state index in [0.717, 1.165) is 34.5 Å². The first-order chi connectivity index (χ1) is 10.0. The van der Waals surface area contributed by atoms with Crippen molar-refractivity contribution in [3.63, 3.8) is 0 Å². The van der Waals surface area contributed by atoms with Gasteiger partial charge in [0.05, 0.1) is 5.56 Å². The summed E-state index contributed by atoms with van der Waals surface area (Å²) in [7, 11) is 0. The number of hydrogen-bond acceptors (Lipinski definition) is 0. The van der Waals surface area contributed by atoms with E-state index in [1.807, 2.05) is 42.6 Å². The minimum atomic E-state index is -4.30. The molecule has 2 aromatic carbocycles. The number of halogens is 3. The molecular formula is C17H12F3N. The Hall–Kier alpha value is -2.49. The van der Waals surface area contributed by atoms with E-state index >= 15 is 0 Å². The smallest absolute Gasteiger partial charge is 0.361 e. The maximum absolute atomic E-state index is 12.5.